The molecule has 0 bridgehead atoms. The minimum absolute atomic E-state index is 0.00930. The summed E-state index contributed by atoms with van der Waals surface area (Å²) in [5, 5.41) is 4.71. The molecular weight excluding hydrogens is 623 g/mol. The second kappa shape index (κ2) is 10.6. The minimum Gasteiger partial charge on any atom is -0.372 e. The van der Waals surface area contributed by atoms with E-state index in [-0.39, 0.29) is 30.2 Å². The molecule has 0 spiro atoms. The van der Waals surface area contributed by atoms with Gasteiger partial charge in [0.15, 0.2) is 5.82 Å². The first-order valence-electron chi connectivity index (χ1n) is 11.9. The number of alkyl halides is 6. The van der Waals surface area contributed by atoms with Crippen molar-refractivity contribution in [3.63, 3.8) is 0 Å². The van der Waals surface area contributed by atoms with Crippen molar-refractivity contribution in [1.82, 2.24) is 15.2 Å². The van der Waals surface area contributed by atoms with Crippen molar-refractivity contribution in [3.05, 3.63) is 97.8 Å². The Balaban J connectivity index is 1.30. The van der Waals surface area contributed by atoms with Crippen LogP contribution in [0.1, 0.15) is 44.7 Å². The highest BCUT2D eigenvalue weighted by atomic mass is 35.5. The van der Waals surface area contributed by atoms with E-state index in [0.717, 1.165) is 24.3 Å². The second-order valence-corrected chi connectivity index (χ2v) is 10.3. The van der Waals surface area contributed by atoms with Crippen molar-refractivity contribution in [2.75, 3.05) is 0 Å². The standard InChI is InChI=1S/C26H16Cl2F8N4O2/c27-18-4-15(5-19(28)22(18)30)24(26(34,35)36)7-21(39-42-24)40-10-13-3-20(37-9-14(13)11-40)23(41)38-8-12-1-2-16(29)6-17(12)25(31,32)33/h1-6,9H,7-8,10-11H2,(H,38,41). The highest BCUT2D eigenvalue weighted by Crippen LogP contribution is 2.50. The average molecular weight is 639 g/mol. The van der Waals surface area contributed by atoms with Crippen LogP contribution in [0.5, 0.6) is 0 Å². The number of amidine groups is 1. The first-order chi connectivity index (χ1) is 19.6. The summed E-state index contributed by atoms with van der Waals surface area (Å²) < 4.78 is 110. The zero-order chi connectivity index (χ0) is 30.6. The fourth-order valence-electron chi connectivity index (χ4n) is 4.67. The highest BCUT2D eigenvalue weighted by Gasteiger charge is 2.63. The molecule has 1 aromatic heterocycles. The zero-order valence-electron chi connectivity index (χ0n) is 20.8. The molecule has 3 aromatic rings. The van der Waals surface area contributed by atoms with Crippen LogP contribution in [0.25, 0.3) is 0 Å². The molecule has 0 saturated carbocycles. The van der Waals surface area contributed by atoms with Crippen LogP contribution in [-0.4, -0.2) is 27.8 Å². The first-order valence-corrected chi connectivity index (χ1v) is 12.7. The van der Waals surface area contributed by atoms with E-state index < -0.39 is 69.6 Å². The number of oxime groups is 1. The van der Waals surface area contributed by atoms with Crippen LogP contribution in [0.2, 0.25) is 10.0 Å². The van der Waals surface area contributed by atoms with Crippen LogP contribution < -0.4 is 5.32 Å². The summed E-state index contributed by atoms with van der Waals surface area (Å²) in [4.78, 5) is 23.1. The van der Waals surface area contributed by atoms with Crippen molar-refractivity contribution in [1.29, 1.82) is 0 Å². The maximum Gasteiger partial charge on any atom is 0.435 e. The van der Waals surface area contributed by atoms with Crippen LogP contribution >= 0.6 is 23.2 Å². The molecule has 0 fully saturated rings. The number of hydrogen-bond donors (Lipinski definition) is 1. The summed E-state index contributed by atoms with van der Waals surface area (Å²) in [5.74, 6) is -3.09. The Morgan fingerprint density at radius 1 is 1.00 bits per heavy atom. The van der Waals surface area contributed by atoms with Gasteiger partial charge in [0.1, 0.15) is 17.3 Å². The second-order valence-electron chi connectivity index (χ2n) is 9.53. The van der Waals surface area contributed by atoms with Gasteiger partial charge in [-0.1, -0.05) is 34.4 Å². The molecule has 1 amide bonds. The molecule has 3 heterocycles. The normalized spacial score (nSPS) is 18.5. The smallest absolute Gasteiger partial charge is 0.372 e. The van der Waals surface area contributed by atoms with Gasteiger partial charge in [-0.05, 0) is 47.0 Å². The molecule has 1 unspecified atom stereocenters. The molecule has 0 aliphatic carbocycles. The van der Waals surface area contributed by atoms with Crippen LogP contribution in [0.15, 0.2) is 47.8 Å². The van der Waals surface area contributed by atoms with E-state index in [1.165, 1.54) is 17.2 Å². The van der Waals surface area contributed by atoms with Crippen molar-refractivity contribution >= 4 is 34.9 Å². The third-order valence-electron chi connectivity index (χ3n) is 6.84. The lowest BCUT2D eigenvalue weighted by molar-refractivity contribution is -0.275. The number of pyridine rings is 1. The van der Waals surface area contributed by atoms with Gasteiger partial charge in [-0.2, -0.15) is 26.3 Å². The number of rotatable bonds is 4. The lowest BCUT2D eigenvalue weighted by atomic mass is 9.89. The number of fused-ring (bicyclic) bond motifs is 1. The molecule has 16 heteroatoms. The summed E-state index contributed by atoms with van der Waals surface area (Å²) in [6.45, 7) is -0.491. The van der Waals surface area contributed by atoms with Crippen molar-refractivity contribution in [2.24, 2.45) is 5.16 Å². The third-order valence-corrected chi connectivity index (χ3v) is 7.39. The average Bonchev–Trinajstić information content (AvgIpc) is 3.55. The Bertz CT molecular complexity index is 1590. The minimum atomic E-state index is -5.00. The van der Waals surface area contributed by atoms with Gasteiger partial charge >= 0.3 is 12.4 Å². The molecule has 0 radical (unpaired) electrons. The van der Waals surface area contributed by atoms with E-state index in [1.807, 2.05) is 0 Å². The van der Waals surface area contributed by atoms with Gasteiger partial charge in [-0.25, -0.2) is 8.78 Å². The predicted molar refractivity (Wildman–Crippen MR) is 133 cm³/mol. The Labute approximate surface area is 241 Å². The monoisotopic (exact) mass is 638 g/mol. The van der Waals surface area contributed by atoms with Crippen LogP contribution in [-0.2, 0) is 36.2 Å². The molecule has 1 N–H and O–H groups in total. The number of carbonyl (C=O) groups is 1. The van der Waals surface area contributed by atoms with Gasteiger partial charge in [-0.3, -0.25) is 9.78 Å². The Hall–Kier alpha value is -3.65. The number of nitrogens with one attached hydrogen (secondary N) is 1. The zero-order valence-corrected chi connectivity index (χ0v) is 22.3. The maximum absolute atomic E-state index is 14.3. The number of nitrogens with zero attached hydrogens (tertiary/aromatic N) is 3. The lowest BCUT2D eigenvalue weighted by Gasteiger charge is -2.30. The molecule has 2 aliphatic heterocycles. The first kappa shape index (κ1) is 29.8. The number of aromatic nitrogens is 1. The van der Waals surface area contributed by atoms with Crippen LogP contribution in [0, 0.1) is 11.6 Å². The number of benzene rings is 2. The van der Waals surface area contributed by atoms with E-state index in [2.05, 4.69) is 15.5 Å². The van der Waals surface area contributed by atoms with E-state index in [1.54, 1.807) is 0 Å². The molecule has 1 atom stereocenters. The number of halogens is 10. The summed E-state index contributed by atoms with van der Waals surface area (Å²) in [6, 6.07) is 4.96. The molecule has 0 saturated heterocycles. The molecule has 6 nitrogen and oxygen atoms in total. The molecule has 42 heavy (non-hydrogen) atoms. The maximum atomic E-state index is 14.3. The quantitative estimate of drug-likeness (QED) is 0.244. The number of carbonyl (C=O) groups excluding carboxylic acids is 1. The lowest BCUT2D eigenvalue weighted by Crippen LogP contribution is -2.44. The largest absolute Gasteiger partial charge is 0.435 e. The van der Waals surface area contributed by atoms with E-state index in [0.29, 0.717) is 17.2 Å². The Morgan fingerprint density at radius 2 is 1.67 bits per heavy atom. The molecule has 2 aliphatic rings. The molecule has 2 aromatic carbocycles. The molecule has 222 valence electrons. The van der Waals surface area contributed by atoms with Gasteiger partial charge in [0, 0.05) is 31.4 Å². The van der Waals surface area contributed by atoms with E-state index in [4.69, 9.17) is 28.0 Å². The Kier molecular flexibility index (Phi) is 7.50. The summed E-state index contributed by atoms with van der Waals surface area (Å²) >= 11 is 11.5. The van der Waals surface area contributed by atoms with Gasteiger partial charge in [-0.15, -0.1) is 0 Å². The number of hydrogen-bond acceptors (Lipinski definition) is 5. The van der Waals surface area contributed by atoms with Gasteiger partial charge < -0.3 is 15.1 Å². The molecule has 5 rings (SSSR count). The van der Waals surface area contributed by atoms with Gasteiger partial charge in [0.2, 0.25) is 0 Å². The SMILES string of the molecule is O=C(NCc1ccc(F)cc1C(F)(F)F)c1cc2c(cn1)CN(C1=NOC(c3cc(Cl)c(F)c(Cl)c3)(C(F)(F)F)C1)C2. The van der Waals surface area contributed by atoms with Crippen LogP contribution in [0.3, 0.4) is 0 Å². The summed E-state index contributed by atoms with van der Waals surface area (Å²) in [5.41, 5.74) is -4.22. The van der Waals surface area contributed by atoms with Crippen molar-refractivity contribution in [3.8, 4) is 0 Å². The Morgan fingerprint density at radius 3 is 2.31 bits per heavy atom. The van der Waals surface area contributed by atoms with E-state index >= 15 is 0 Å². The number of amides is 1. The van der Waals surface area contributed by atoms with Gasteiger partial charge in [0.05, 0.1) is 22.0 Å². The van der Waals surface area contributed by atoms with Crippen molar-refractivity contribution in [2.45, 2.75) is 44.0 Å². The highest BCUT2D eigenvalue weighted by molar-refractivity contribution is 6.35. The topological polar surface area (TPSA) is 66.8 Å². The third kappa shape index (κ3) is 5.44. The van der Waals surface area contributed by atoms with E-state index in [9.17, 15) is 39.9 Å². The van der Waals surface area contributed by atoms with Crippen molar-refractivity contribution < 1.29 is 44.8 Å². The van der Waals surface area contributed by atoms with Crippen LogP contribution in [0.4, 0.5) is 35.1 Å². The fraction of sp³-hybridized carbons (Fsp3) is 0.269. The fourth-order valence-corrected chi connectivity index (χ4v) is 5.16. The van der Waals surface area contributed by atoms with Gasteiger partial charge in [0.25, 0.3) is 11.5 Å². The summed E-state index contributed by atoms with van der Waals surface area (Å²) in [6.07, 6.45) is -9.32. The molecular formula is C26H16Cl2F8N4O2. The summed E-state index contributed by atoms with van der Waals surface area (Å²) in [7, 11) is 0. The predicted octanol–water partition coefficient (Wildman–Crippen LogP) is 7.12.